The summed E-state index contributed by atoms with van der Waals surface area (Å²) in [7, 11) is 0. The zero-order chi connectivity index (χ0) is 28.5. The van der Waals surface area contributed by atoms with Crippen LogP contribution in [-0.2, 0) is 9.59 Å². The fraction of sp³-hybridized carbons (Fsp3) is 0.0333. The Bertz CT molecular complexity index is 1560. The lowest BCUT2D eigenvalue weighted by molar-refractivity contribution is -0.114. The quantitative estimate of drug-likeness (QED) is 0.127. The van der Waals surface area contributed by atoms with Gasteiger partial charge in [-0.25, -0.2) is 0 Å². The van der Waals surface area contributed by atoms with Gasteiger partial charge in [-0.05, 0) is 76.6 Å². The van der Waals surface area contributed by atoms with E-state index in [4.69, 9.17) is 23.2 Å². The fourth-order valence-electron chi connectivity index (χ4n) is 3.50. The first-order valence-electron chi connectivity index (χ1n) is 11.9. The van der Waals surface area contributed by atoms with Gasteiger partial charge >= 0.3 is 0 Å². The van der Waals surface area contributed by atoms with Gasteiger partial charge in [0.15, 0.2) is 0 Å². The number of carbonyl (C=O) groups is 3. The number of amides is 3. The Morgan fingerprint density at radius 3 is 2.20 bits per heavy atom. The van der Waals surface area contributed by atoms with Gasteiger partial charge in [0.1, 0.15) is 5.70 Å². The van der Waals surface area contributed by atoms with Crippen molar-refractivity contribution >= 4 is 86.1 Å². The highest BCUT2D eigenvalue weighted by Gasteiger charge is 2.17. The number of benzene rings is 4. The van der Waals surface area contributed by atoms with Crippen molar-refractivity contribution in [2.45, 2.75) is 4.90 Å². The number of hydrogen-bond acceptors (Lipinski definition) is 4. The highest BCUT2D eigenvalue weighted by molar-refractivity contribution is 9.10. The van der Waals surface area contributed by atoms with Crippen LogP contribution in [0.5, 0.6) is 0 Å². The average molecular weight is 655 g/mol. The van der Waals surface area contributed by atoms with Crippen molar-refractivity contribution in [3.63, 3.8) is 0 Å². The van der Waals surface area contributed by atoms with Gasteiger partial charge in [-0.3, -0.25) is 14.4 Å². The summed E-state index contributed by atoms with van der Waals surface area (Å²) in [6.45, 7) is 0. The van der Waals surface area contributed by atoms with Crippen molar-refractivity contribution in [1.82, 2.24) is 5.32 Å². The molecule has 0 fully saturated rings. The third-order valence-corrected chi connectivity index (χ3v) is 7.77. The molecule has 0 saturated carbocycles. The third-order valence-electron chi connectivity index (χ3n) is 5.43. The number of thioether (sulfide) groups is 1. The van der Waals surface area contributed by atoms with Crippen LogP contribution >= 0.6 is 50.9 Å². The standard InChI is InChI=1S/C30H22BrCl2N3O3S/c31-23-12-4-5-15-26(23)35-28(37)18-40-21-11-6-10-20(16-21)34-30(39)27(17-22-24(32)13-7-14-25(22)33)36-29(38)19-8-2-1-3-9-19/h1-17H,18H2,(H,34,39)(H,35,37)(H,36,38)/b27-17+. The maximum Gasteiger partial charge on any atom is 0.272 e. The number of para-hydroxylation sites is 1. The summed E-state index contributed by atoms with van der Waals surface area (Å²) in [6.07, 6.45) is 1.44. The largest absolute Gasteiger partial charge is 0.324 e. The number of nitrogens with one attached hydrogen (secondary N) is 3. The lowest BCUT2D eigenvalue weighted by Crippen LogP contribution is -2.30. The molecule has 0 heterocycles. The van der Waals surface area contributed by atoms with Crippen molar-refractivity contribution < 1.29 is 14.4 Å². The van der Waals surface area contributed by atoms with Crippen LogP contribution in [0.4, 0.5) is 11.4 Å². The molecule has 4 aromatic carbocycles. The van der Waals surface area contributed by atoms with E-state index in [9.17, 15) is 14.4 Å². The maximum atomic E-state index is 13.4. The van der Waals surface area contributed by atoms with E-state index in [1.807, 2.05) is 24.3 Å². The van der Waals surface area contributed by atoms with Crippen LogP contribution in [0.2, 0.25) is 10.0 Å². The Labute approximate surface area is 254 Å². The minimum atomic E-state index is -0.575. The highest BCUT2D eigenvalue weighted by Crippen LogP contribution is 2.28. The Balaban J connectivity index is 1.49. The summed E-state index contributed by atoms with van der Waals surface area (Å²) in [4.78, 5) is 39.5. The lowest BCUT2D eigenvalue weighted by atomic mass is 10.1. The van der Waals surface area contributed by atoms with Crippen molar-refractivity contribution in [2.75, 3.05) is 16.4 Å². The first-order chi connectivity index (χ1) is 19.3. The molecule has 6 nitrogen and oxygen atoms in total. The van der Waals surface area contributed by atoms with Crippen LogP contribution in [0.25, 0.3) is 6.08 Å². The Hall–Kier alpha value is -3.56. The molecule has 0 aliphatic heterocycles. The fourth-order valence-corrected chi connectivity index (χ4v) is 5.14. The Kier molecular flexibility index (Phi) is 10.4. The highest BCUT2D eigenvalue weighted by atomic mass is 79.9. The number of hydrogen-bond donors (Lipinski definition) is 3. The van der Waals surface area contributed by atoms with Crippen molar-refractivity contribution in [2.24, 2.45) is 0 Å². The monoisotopic (exact) mass is 653 g/mol. The molecule has 0 aliphatic rings. The molecule has 40 heavy (non-hydrogen) atoms. The molecule has 3 N–H and O–H groups in total. The van der Waals surface area contributed by atoms with Gasteiger partial charge in [0.25, 0.3) is 11.8 Å². The minimum absolute atomic E-state index is 0.0466. The van der Waals surface area contributed by atoms with Crippen LogP contribution in [0.1, 0.15) is 15.9 Å². The predicted octanol–water partition coefficient (Wildman–Crippen LogP) is 7.90. The number of anilines is 2. The van der Waals surface area contributed by atoms with Crippen LogP contribution in [0.15, 0.2) is 112 Å². The molecule has 3 amide bonds. The second-order valence-corrected chi connectivity index (χ2v) is 11.0. The molecule has 0 aliphatic carbocycles. The van der Waals surface area contributed by atoms with Gasteiger partial charge < -0.3 is 16.0 Å². The van der Waals surface area contributed by atoms with Crippen LogP contribution in [0, 0.1) is 0 Å². The van der Waals surface area contributed by atoms with E-state index >= 15 is 0 Å². The molecule has 0 saturated heterocycles. The zero-order valence-corrected chi connectivity index (χ0v) is 24.7. The summed E-state index contributed by atoms with van der Waals surface area (Å²) >= 11 is 17.4. The molecule has 0 atom stereocenters. The minimum Gasteiger partial charge on any atom is -0.324 e. The molecule has 0 aromatic heterocycles. The van der Waals surface area contributed by atoms with Crippen LogP contribution in [-0.4, -0.2) is 23.5 Å². The average Bonchev–Trinajstić information content (AvgIpc) is 2.95. The first kappa shape index (κ1) is 29.4. The molecule has 0 bridgehead atoms. The second kappa shape index (κ2) is 14.2. The van der Waals surface area contributed by atoms with E-state index in [1.165, 1.54) is 17.8 Å². The molecule has 4 rings (SSSR count). The Morgan fingerprint density at radius 1 is 0.800 bits per heavy atom. The molecule has 202 valence electrons. The number of carbonyl (C=O) groups excluding carboxylic acids is 3. The smallest absolute Gasteiger partial charge is 0.272 e. The number of rotatable bonds is 9. The summed E-state index contributed by atoms with van der Waals surface area (Å²) in [5.74, 6) is -1.04. The van der Waals surface area contributed by atoms with Gasteiger partial charge in [0.05, 0.1) is 11.4 Å². The van der Waals surface area contributed by atoms with Gasteiger partial charge in [-0.1, -0.05) is 65.7 Å². The summed E-state index contributed by atoms with van der Waals surface area (Å²) in [5.41, 5.74) is 1.89. The molecule has 0 unspecified atom stereocenters. The van der Waals surface area contributed by atoms with Crippen molar-refractivity contribution in [1.29, 1.82) is 0 Å². The van der Waals surface area contributed by atoms with Gasteiger partial charge in [0.2, 0.25) is 5.91 Å². The van der Waals surface area contributed by atoms with Crippen molar-refractivity contribution in [3.05, 3.63) is 128 Å². The molecular formula is C30H22BrCl2N3O3S. The molecule has 0 spiro atoms. The van der Waals surface area contributed by atoms with E-state index in [0.29, 0.717) is 32.5 Å². The number of halogens is 3. The summed E-state index contributed by atoms with van der Waals surface area (Å²) in [5, 5.41) is 8.99. The van der Waals surface area contributed by atoms with E-state index in [0.717, 1.165) is 9.37 Å². The Morgan fingerprint density at radius 2 is 1.48 bits per heavy atom. The molecule has 10 heteroatoms. The molecule has 4 aromatic rings. The van der Waals surface area contributed by atoms with Crippen LogP contribution < -0.4 is 16.0 Å². The van der Waals surface area contributed by atoms with Gasteiger partial charge in [-0.15, -0.1) is 11.8 Å². The van der Waals surface area contributed by atoms with E-state index in [-0.39, 0.29) is 17.4 Å². The normalized spacial score (nSPS) is 11.0. The topological polar surface area (TPSA) is 87.3 Å². The lowest BCUT2D eigenvalue weighted by Gasteiger charge is -2.13. The SMILES string of the molecule is O=C(CSc1cccc(NC(=O)/C(=C\c2c(Cl)cccc2Cl)NC(=O)c2ccccc2)c1)Nc1ccccc1Br. The molecule has 0 radical (unpaired) electrons. The van der Waals surface area contributed by atoms with E-state index < -0.39 is 11.8 Å². The van der Waals surface area contributed by atoms with Gasteiger partial charge in [-0.2, -0.15) is 0 Å². The van der Waals surface area contributed by atoms with E-state index in [2.05, 4.69) is 31.9 Å². The first-order valence-corrected chi connectivity index (χ1v) is 14.4. The van der Waals surface area contributed by atoms with Gasteiger partial charge in [0, 0.05) is 36.2 Å². The van der Waals surface area contributed by atoms with Crippen molar-refractivity contribution in [3.8, 4) is 0 Å². The summed E-state index contributed by atoms with van der Waals surface area (Å²) < 4.78 is 0.791. The zero-order valence-electron chi connectivity index (χ0n) is 20.8. The van der Waals surface area contributed by atoms with Crippen LogP contribution in [0.3, 0.4) is 0 Å². The second-order valence-electron chi connectivity index (χ2n) is 8.31. The van der Waals surface area contributed by atoms with E-state index in [1.54, 1.807) is 72.8 Å². The third kappa shape index (κ3) is 8.22. The summed E-state index contributed by atoms with van der Waals surface area (Å²) in [6, 6.07) is 27.9. The predicted molar refractivity (Wildman–Crippen MR) is 167 cm³/mol. The maximum absolute atomic E-state index is 13.4. The molecular weight excluding hydrogens is 633 g/mol.